The maximum Gasteiger partial charge on any atom is 0.306 e. The van der Waals surface area contributed by atoms with E-state index in [4.69, 9.17) is 14.2 Å². The van der Waals surface area contributed by atoms with Crippen molar-refractivity contribution in [3.63, 3.8) is 0 Å². The van der Waals surface area contributed by atoms with Crippen molar-refractivity contribution in [2.75, 3.05) is 13.2 Å². The van der Waals surface area contributed by atoms with Gasteiger partial charge in [0.1, 0.15) is 13.2 Å². The zero-order valence-corrected chi connectivity index (χ0v) is 48.8. The Morgan fingerprint density at radius 3 is 0.838 bits per heavy atom. The molecule has 0 aromatic carbocycles. The minimum absolute atomic E-state index is 0.0875. The van der Waals surface area contributed by atoms with Crippen molar-refractivity contribution in [3.05, 3.63) is 85.1 Å². The van der Waals surface area contributed by atoms with Gasteiger partial charge in [-0.25, -0.2) is 0 Å². The molecule has 0 aliphatic carbocycles. The minimum atomic E-state index is -0.790. The van der Waals surface area contributed by atoms with Gasteiger partial charge in [-0.05, 0) is 96.3 Å². The first-order valence-corrected chi connectivity index (χ1v) is 31.6. The summed E-state index contributed by atoms with van der Waals surface area (Å²) in [5.41, 5.74) is 0. The zero-order chi connectivity index (χ0) is 53.6. The third-order valence-electron chi connectivity index (χ3n) is 13.6. The first kappa shape index (κ1) is 70.6. The Morgan fingerprint density at radius 1 is 0.284 bits per heavy atom. The molecule has 0 aromatic rings. The Balaban J connectivity index is 4.05. The van der Waals surface area contributed by atoms with Crippen molar-refractivity contribution in [2.45, 2.75) is 316 Å². The van der Waals surface area contributed by atoms with Crippen LogP contribution in [-0.2, 0) is 28.6 Å². The SMILES string of the molecule is CC/C=C\C/C=C\C/C=C\C/C=C\C/C=C\CCCCCC(=O)OC(COC(=O)CCCCCCCC)COC(=O)CCCCCCCCCCCCCCCCCCCCC/C=C\C/C=C\CCCCCCC. The van der Waals surface area contributed by atoms with Gasteiger partial charge in [0.2, 0.25) is 0 Å². The summed E-state index contributed by atoms with van der Waals surface area (Å²) in [4.78, 5) is 37.9. The number of carbonyl (C=O) groups excluding carboxylic acids is 3. The van der Waals surface area contributed by atoms with Crippen LogP contribution in [0, 0.1) is 0 Å². The average molecular weight is 1030 g/mol. The lowest BCUT2D eigenvalue weighted by Gasteiger charge is -2.18. The highest BCUT2D eigenvalue weighted by molar-refractivity contribution is 5.71. The molecule has 0 bridgehead atoms. The summed E-state index contributed by atoms with van der Waals surface area (Å²) < 4.78 is 16.8. The molecule has 0 N–H and O–H groups in total. The first-order valence-electron chi connectivity index (χ1n) is 31.6. The van der Waals surface area contributed by atoms with Gasteiger partial charge in [-0.15, -0.1) is 0 Å². The average Bonchev–Trinajstić information content (AvgIpc) is 3.40. The van der Waals surface area contributed by atoms with E-state index in [1.165, 1.54) is 167 Å². The van der Waals surface area contributed by atoms with Gasteiger partial charge in [-0.3, -0.25) is 14.4 Å². The second kappa shape index (κ2) is 62.1. The molecule has 74 heavy (non-hydrogen) atoms. The molecule has 0 saturated heterocycles. The molecule has 6 nitrogen and oxygen atoms in total. The number of unbranched alkanes of at least 4 members (excludes halogenated alkanes) is 32. The number of allylic oxidation sites excluding steroid dienone is 14. The molecular formula is C68H118O6. The van der Waals surface area contributed by atoms with Crippen LogP contribution in [0.3, 0.4) is 0 Å². The number of rotatable bonds is 57. The summed E-state index contributed by atoms with van der Waals surface area (Å²) in [6.45, 7) is 6.45. The molecule has 0 heterocycles. The maximum atomic E-state index is 12.8. The predicted molar refractivity (Wildman–Crippen MR) is 321 cm³/mol. The summed E-state index contributed by atoms with van der Waals surface area (Å²) in [6.07, 6.45) is 82.1. The molecule has 0 aliphatic heterocycles. The van der Waals surface area contributed by atoms with Crippen LogP contribution in [0.1, 0.15) is 310 Å². The van der Waals surface area contributed by atoms with E-state index in [0.29, 0.717) is 19.3 Å². The predicted octanol–water partition coefficient (Wildman–Crippen LogP) is 21.5. The topological polar surface area (TPSA) is 78.9 Å². The van der Waals surface area contributed by atoms with E-state index in [9.17, 15) is 14.4 Å². The van der Waals surface area contributed by atoms with Gasteiger partial charge in [-0.2, -0.15) is 0 Å². The molecule has 0 spiro atoms. The van der Waals surface area contributed by atoms with Crippen LogP contribution in [-0.4, -0.2) is 37.2 Å². The summed E-state index contributed by atoms with van der Waals surface area (Å²) >= 11 is 0. The van der Waals surface area contributed by atoms with Crippen LogP contribution in [0.5, 0.6) is 0 Å². The van der Waals surface area contributed by atoms with E-state index in [0.717, 1.165) is 103 Å². The maximum absolute atomic E-state index is 12.8. The van der Waals surface area contributed by atoms with Gasteiger partial charge in [-0.1, -0.05) is 279 Å². The normalized spacial score (nSPS) is 12.6. The molecule has 6 heteroatoms. The second-order valence-electron chi connectivity index (χ2n) is 20.9. The van der Waals surface area contributed by atoms with Gasteiger partial charge in [0.05, 0.1) is 0 Å². The van der Waals surface area contributed by atoms with Crippen molar-refractivity contribution in [3.8, 4) is 0 Å². The fourth-order valence-corrected chi connectivity index (χ4v) is 8.91. The van der Waals surface area contributed by atoms with Crippen molar-refractivity contribution >= 4 is 17.9 Å². The number of ether oxygens (including phenoxy) is 3. The highest BCUT2D eigenvalue weighted by atomic mass is 16.6. The zero-order valence-electron chi connectivity index (χ0n) is 48.8. The highest BCUT2D eigenvalue weighted by Crippen LogP contribution is 2.17. The van der Waals surface area contributed by atoms with Gasteiger partial charge in [0.15, 0.2) is 6.10 Å². The van der Waals surface area contributed by atoms with E-state index in [-0.39, 0.29) is 31.1 Å². The highest BCUT2D eigenvalue weighted by Gasteiger charge is 2.19. The summed E-state index contributed by atoms with van der Waals surface area (Å²) in [5, 5.41) is 0. The largest absolute Gasteiger partial charge is 0.462 e. The Kier molecular flexibility index (Phi) is 59.3. The smallest absolute Gasteiger partial charge is 0.306 e. The van der Waals surface area contributed by atoms with Gasteiger partial charge in [0, 0.05) is 19.3 Å². The first-order chi connectivity index (χ1) is 36.5. The van der Waals surface area contributed by atoms with Crippen molar-refractivity contribution < 1.29 is 28.6 Å². The van der Waals surface area contributed by atoms with E-state index >= 15 is 0 Å². The van der Waals surface area contributed by atoms with E-state index in [1.807, 2.05) is 0 Å². The molecule has 426 valence electrons. The molecule has 0 saturated carbocycles. The molecule has 0 amide bonds. The summed E-state index contributed by atoms with van der Waals surface area (Å²) in [5.74, 6) is -0.921. The van der Waals surface area contributed by atoms with Gasteiger partial charge < -0.3 is 14.2 Å². The van der Waals surface area contributed by atoms with Crippen LogP contribution in [0.4, 0.5) is 0 Å². The van der Waals surface area contributed by atoms with Crippen LogP contribution >= 0.6 is 0 Å². The lowest BCUT2D eigenvalue weighted by molar-refractivity contribution is -0.167. The van der Waals surface area contributed by atoms with Gasteiger partial charge in [0.25, 0.3) is 0 Å². The third kappa shape index (κ3) is 59.5. The Morgan fingerprint density at radius 2 is 0.527 bits per heavy atom. The fraction of sp³-hybridized carbons (Fsp3) is 0.750. The molecule has 0 fully saturated rings. The summed E-state index contributed by atoms with van der Waals surface area (Å²) in [6, 6.07) is 0. The standard InChI is InChI=1S/C68H118O6/c1-4-7-10-13-16-18-20-22-24-26-28-29-30-31-32-33-34-35-36-37-38-39-41-42-44-46-48-50-52-55-58-61-67(70)73-64-65(63-72-66(69)60-57-54-15-12-9-6-3)74-68(71)62-59-56-53-51-49-47-45-43-40-27-25-23-21-19-17-14-11-8-5-2/h8,11,17,19-20,22-23,25-26,28,40,43,47,49,65H,4-7,9-10,12-16,18,21,24,27,29-39,41-42,44-46,48,50-64H2,1-3H3/b11-8-,19-17-,22-20-,25-23-,28-26-,43-40-,49-47-. The van der Waals surface area contributed by atoms with Gasteiger partial charge >= 0.3 is 17.9 Å². The Hall–Kier alpha value is -3.41. The van der Waals surface area contributed by atoms with Crippen LogP contribution in [0.25, 0.3) is 0 Å². The molecule has 0 aliphatic rings. The number of carbonyl (C=O) groups is 3. The molecule has 0 radical (unpaired) electrons. The quantitative estimate of drug-likeness (QED) is 0.0261. The van der Waals surface area contributed by atoms with Crippen molar-refractivity contribution in [1.29, 1.82) is 0 Å². The Bertz CT molecular complexity index is 1420. The number of esters is 3. The fourth-order valence-electron chi connectivity index (χ4n) is 8.91. The molecule has 0 rings (SSSR count). The monoisotopic (exact) mass is 1030 g/mol. The minimum Gasteiger partial charge on any atom is -0.462 e. The van der Waals surface area contributed by atoms with Crippen LogP contribution in [0.2, 0.25) is 0 Å². The third-order valence-corrected chi connectivity index (χ3v) is 13.6. The molecule has 1 unspecified atom stereocenters. The van der Waals surface area contributed by atoms with E-state index in [2.05, 4.69) is 106 Å². The van der Waals surface area contributed by atoms with Crippen LogP contribution < -0.4 is 0 Å². The lowest BCUT2D eigenvalue weighted by atomic mass is 10.0. The lowest BCUT2D eigenvalue weighted by Crippen LogP contribution is -2.30. The number of hydrogen-bond acceptors (Lipinski definition) is 6. The molecular weight excluding hydrogens is 913 g/mol. The van der Waals surface area contributed by atoms with Crippen LogP contribution in [0.15, 0.2) is 85.1 Å². The molecule has 1 atom stereocenters. The van der Waals surface area contributed by atoms with E-state index in [1.54, 1.807) is 0 Å². The number of hydrogen-bond donors (Lipinski definition) is 0. The van der Waals surface area contributed by atoms with E-state index < -0.39 is 6.10 Å². The van der Waals surface area contributed by atoms with Crippen molar-refractivity contribution in [1.82, 2.24) is 0 Å². The van der Waals surface area contributed by atoms with Crippen molar-refractivity contribution in [2.24, 2.45) is 0 Å². The second-order valence-corrected chi connectivity index (χ2v) is 20.9. The molecule has 0 aromatic heterocycles. The summed E-state index contributed by atoms with van der Waals surface area (Å²) in [7, 11) is 0. The Labute approximate surface area is 458 Å².